The van der Waals surface area contributed by atoms with E-state index in [-0.39, 0.29) is 18.6 Å². The number of carbonyl (C=O) groups is 3. The van der Waals surface area contributed by atoms with Crippen LogP contribution in [0.1, 0.15) is 32.7 Å². The van der Waals surface area contributed by atoms with Crippen LogP contribution in [0.2, 0.25) is 0 Å². The van der Waals surface area contributed by atoms with Crippen molar-refractivity contribution in [3.63, 3.8) is 0 Å². The van der Waals surface area contributed by atoms with Crippen molar-refractivity contribution in [1.29, 1.82) is 0 Å². The first-order valence-electron chi connectivity index (χ1n) is 7.10. The van der Waals surface area contributed by atoms with Gasteiger partial charge in [-0.2, -0.15) is 0 Å². The molecular weight excluding hydrogens is 296 g/mol. The largest absolute Gasteiger partial charge is 0.461 e. The average Bonchev–Trinajstić information content (AvgIpc) is 2.56. The Balaban J connectivity index is 1.75. The van der Waals surface area contributed by atoms with Gasteiger partial charge in [0, 0.05) is 0 Å². The van der Waals surface area contributed by atoms with Crippen LogP contribution < -0.4 is 0 Å². The Morgan fingerprint density at radius 1 is 0.826 bits per heavy atom. The third-order valence-electron chi connectivity index (χ3n) is 3.04. The number of hydrogen-bond donors (Lipinski definition) is 0. The first-order chi connectivity index (χ1) is 11.1. The highest BCUT2D eigenvalue weighted by Crippen LogP contribution is 2.06. The highest BCUT2D eigenvalue weighted by atomic mass is 16.6. The van der Waals surface area contributed by atoms with E-state index in [1.165, 1.54) is 0 Å². The van der Waals surface area contributed by atoms with E-state index >= 15 is 0 Å². The summed E-state index contributed by atoms with van der Waals surface area (Å²) in [6, 6.07) is 15.1. The Morgan fingerprint density at radius 3 is 2.09 bits per heavy atom. The van der Waals surface area contributed by atoms with E-state index in [1.54, 1.807) is 54.6 Å². The topological polar surface area (TPSA) is 69.7 Å². The van der Waals surface area contributed by atoms with Crippen molar-refractivity contribution < 1.29 is 23.9 Å². The smallest absolute Gasteiger partial charge is 0.345 e. The number of carbonyl (C=O) groups excluding carboxylic acids is 3. The van der Waals surface area contributed by atoms with Crippen LogP contribution in [0.25, 0.3) is 0 Å². The summed E-state index contributed by atoms with van der Waals surface area (Å²) in [4.78, 5) is 34.9. The molecule has 0 bridgehead atoms. The molecule has 0 aliphatic rings. The van der Waals surface area contributed by atoms with Crippen LogP contribution in [0.5, 0.6) is 0 Å². The third kappa shape index (κ3) is 5.07. The molecule has 0 spiro atoms. The second-order valence-electron chi connectivity index (χ2n) is 4.88. The Hall–Kier alpha value is -2.95. The lowest BCUT2D eigenvalue weighted by Gasteiger charge is -2.05. The number of hydrogen-bond acceptors (Lipinski definition) is 5. The maximum atomic E-state index is 11.7. The predicted molar refractivity (Wildman–Crippen MR) is 82.9 cm³/mol. The molecule has 0 heterocycles. The molecule has 0 saturated carbocycles. The van der Waals surface area contributed by atoms with Crippen LogP contribution in [0.3, 0.4) is 0 Å². The number of rotatable bonds is 5. The summed E-state index contributed by atoms with van der Waals surface area (Å²) in [5.74, 6) is -1.98. The average molecular weight is 312 g/mol. The molecule has 5 nitrogen and oxygen atoms in total. The van der Waals surface area contributed by atoms with Gasteiger partial charge < -0.3 is 9.47 Å². The number of aryl methyl sites for hydroxylation is 1. The zero-order valence-electron chi connectivity index (χ0n) is 12.7. The zero-order chi connectivity index (χ0) is 16.7. The standard InChI is InChI=1S/C18H16O5/c1-13-7-9-15(10-8-13)17(20)22-12-11-16(19)23-18(21)14-5-3-2-4-6-14/h2-10H,11-12H2,1H3. The molecule has 2 rings (SSSR count). The fourth-order valence-corrected chi connectivity index (χ4v) is 1.79. The normalized spacial score (nSPS) is 9.96. The molecule has 0 atom stereocenters. The Labute approximate surface area is 133 Å². The molecule has 0 aliphatic heterocycles. The molecule has 0 amide bonds. The molecule has 0 N–H and O–H groups in total. The van der Waals surface area contributed by atoms with Crippen molar-refractivity contribution in [2.75, 3.05) is 6.61 Å². The van der Waals surface area contributed by atoms with Gasteiger partial charge in [0.05, 0.1) is 17.5 Å². The highest BCUT2D eigenvalue weighted by Gasteiger charge is 2.14. The van der Waals surface area contributed by atoms with E-state index < -0.39 is 17.9 Å². The van der Waals surface area contributed by atoms with Crippen molar-refractivity contribution in [2.24, 2.45) is 0 Å². The minimum absolute atomic E-state index is 0.145. The lowest BCUT2D eigenvalue weighted by Crippen LogP contribution is -2.16. The van der Waals surface area contributed by atoms with Gasteiger partial charge in [-0.15, -0.1) is 0 Å². The highest BCUT2D eigenvalue weighted by molar-refractivity contribution is 5.96. The molecule has 0 radical (unpaired) electrons. The molecule has 0 aliphatic carbocycles. The predicted octanol–water partition coefficient (Wildman–Crippen LogP) is 2.93. The van der Waals surface area contributed by atoms with Crippen LogP contribution in [-0.4, -0.2) is 24.5 Å². The molecule has 0 saturated heterocycles. The molecule has 0 aromatic heterocycles. The van der Waals surface area contributed by atoms with E-state index in [1.807, 2.05) is 6.92 Å². The maximum Gasteiger partial charge on any atom is 0.345 e. The first kappa shape index (κ1) is 16.4. The van der Waals surface area contributed by atoms with E-state index in [0.29, 0.717) is 5.56 Å². The molecule has 5 heteroatoms. The summed E-state index contributed by atoms with van der Waals surface area (Å²) < 4.78 is 9.65. The monoisotopic (exact) mass is 312 g/mol. The zero-order valence-corrected chi connectivity index (χ0v) is 12.7. The summed E-state index contributed by atoms with van der Waals surface area (Å²) in [7, 11) is 0. The van der Waals surface area contributed by atoms with Crippen LogP contribution in [0.15, 0.2) is 54.6 Å². The van der Waals surface area contributed by atoms with Gasteiger partial charge in [-0.25, -0.2) is 9.59 Å². The molecule has 2 aromatic carbocycles. The minimum atomic E-state index is -0.740. The second kappa shape index (κ2) is 7.89. The Bertz CT molecular complexity index is 689. The quantitative estimate of drug-likeness (QED) is 0.627. The summed E-state index contributed by atoms with van der Waals surface area (Å²) in [6.07, 6.45) is -0.184. The van der Waals surface area contributed by atoms with Gasteiger partial charge in [0.1, 0.15) is 6.61 Å². The van der Waals surface area contributed by atoms with Gasteiger partial charge in [0.25, 0.3) is 0 Å². The van der Waals surface area contributed by atoms with Gasteiger partial charge >= 0.3 is 17.9 Å². The molecule has 118 valence electrons. The fraction of sp³-hybridized carbons (Fsp3) is 0.167. The Morgan fingerprint density at radius 2 is 1.43 bits per heavy atom. The number of esters is 3. The van der Waals surface area contributed by atoms with Gasteiger partial charge in [-0.1, -0.05) is 35.9 Å². The van der Waals surface area contributed by atoms with Crippen molar-refractivity contribution in [3.05, 3.63) is 71.3 Å². The second-order valence-corrected chi connectivity index (χ2v) is 4.88. The van der Waals surface area contributed by atoms with Gasteiger partial charge in [0.15, 0.2) is 0 Å². The summed E-state index contributed by atoms with van der Waals surface area (Å²) >= 11 is 0. The molecule has 2 aromatic rings. The molecule has 0 fully saturated rings. The lowest BCUT2D eigenvalue weighted by molar-refractivity contribution is -0.138. The fourth-order valence-electron chi connectivity index (χ4n) is 1.79. The van der Waals surface area contributed by atoms with E-state index in [4.69, 9.17) is 4.74 Å². The molecule has 23 heavy (non-hydrogen) atoms. The summed E-state index contributed by atoms with van der Waals surface area (Å²) in [6.45, 7) is 1.77. The van der Waals surface area contributed by atoms with Crippen LogP contribution >= 0.6 is 0 Å². The van der Waals surface area contributed by atoms with Crippen LogP contribution in [0, 0.1) is 6.92 Å². The minimum Gasteiger partial charge on any atom is -0.461 e. The number of benzene rings is 2. The summed E-state index contributed by atoms with van der Waals surface area (Å²) in [5, 5.41) is 0. The van der Waals surface area contributed by atoms with E-state index in [9.17, 15) is 14.4 Å². The molecule has 0 unspecified atom stereocenters. The van der Waals surface area contributed by atoms with Crippen LogP contribution in [-0.2, 0) is 14.3 Å². The van der Waals surface area contributed by atoms with Gasteiger partial charge in [0.2, 0.25) is 0 Å². The van der Waals surface area contributed by atoms with E-state index in [0.717, 1.165) is 5.56 Å². The van der Waals surface area contributed by atoms with Gasteiger partial charge in [-0.3, -0.25) is 4.79 Å². The van der Waals surface area contributed by atoms with Gasteiger partial charge in [-0.05, 0) is 31.2 Å². The third-order valence-corrected chi connectivity index (χ3v) is 3.04. The SMILES string of the molecule is Cc1ccc(C(=O)OCCC(=O)OC(=O)c2ccccc2)cc1. The van der Waals surface area contributed by atoms with Crippen molar-refractivity contribution in [3.8, 4) is 0 Å². The van der Waals surface area contributed by atoms with Crippen molar-refractivity contribution in [2.45, 2.75) is 13.3 Å². The molecular formula is C18H16O5. The van der Waals surface area contributed by atoms with Crippen molar-refractivity contribution in [1.82, 2.24) is 0 Å². The lowest BCUT2D eigenvalue weighted by atomic mass is 10.1. The number of ether oxygens (including phenoxy) is 2. The van der Waals surface area contributed by atoms with Crippen LogP contribution in [0.4, 0.5) is 0 Å². The first-order valence-corrected chi connectivity index (χ1v) is 7.10. The maximum absolute atomic E-state index is 11.7. The summed E-state index contributed by atoms with van der Waals surface area (Å²) in [5.41, 5.74) is 1.73. The van der Waals surface area contributed by atoms with Crippen molar-refractivity contribution >= 4 is 17.9 Å². The van der Waals surface area contributed by atoms with E-state index in [2.05, 4.69) is 4.74 Å². The Kier molecular flexibility index (Phi) is 5.63.